The second-order valence-electron chi connectivity index (χ2n) is 4.18. The van der Waals surface area contributed by atoms with E-state index in [2.05, 4.69) is 20.6 Å². The fourth-order valence-corrected chi connectivity index (χ4v) is 2.81. The van der Waals surface area contributed by atoms with E-state index in [0.29, 0.717) is 6.54 Å². The summed E-state index contributed by atoms with van der Waals surface area (Å²) in [6.45, 7) is 0.457. The van der Waals surface area contributed by atoms with Crippen LogP contribution in [0.5, 0.6) is 0 Å². The molecule has 0 saturated heterocycles. The van der Waals surface area contributed by atoms with Gasteiger partial charge in [-0.1, -0.05) is 17.8 Å². The maximum atomic E-state index is 11.2. The van der Waals surface area contributed by atoms with Crippen LogP contribution < -0.4 is 10.6 Å². The Balaban J connectivity index is 1.79. The van der Waals surface area contributed by atoms with E-state index in [-0.39, 0.29) is 11.8 Å². The quantitative estimate of drug-likeness (QED) is 0.728. The molecule has 0 spiro atoms. The molecule has 0 aliphatic carbocycles. The fourth-order valence-electron chi connectivity index (χ4n) is 1.84. The summed E-state index contributed by atoms with van der Waals surface area (Å²) in [7, 11) is 0. The average Bonchev–Trinajstić information content (AvgIpc) is 2.50. The highest BCUT2D eigenvalue weighted by molar-refractivity contribution is 7.99. The van der Waals surface area contributed by atoms with Crippen molar-refractivity contribution in [3.63, 3.8) is 0 Å². The van der Waals surface area contributed by atoms with Gasteiger partial charge >= 0.3 is 0 Å². The molecular formula is C13H11ClN4OS. The Morgan fingerprint density at radius 2 is 2.20 bits per heavy atom. The standard InChI is InChI=1S/C13H11ClN4OS/c14-6-11(19)17-7-8-1-2-10-9(5-8)18-12-13(20-10)16-4-3-15-12/h1-5H,6-7H2,(H,15,18)(H,17,19). The molecule has 5 nitrogen and oxygen atoms in total. The summed E-state index contributed by atoms with van der Waals surface area (Å²) >= 11 is 7.02. The summed E-state index contributed by atoms with van der Waals surface area (Å²) in [4.78, 5) is 20.8. The van der Waals surface area contributed by atoms with Gasteiger partial charge in [-0.2, -0.15) is 0 Å². The minimum absolute atomic E-state index is 0.0258. The highest BCUT2D eigenvalue weighted by atomic mass is 35.5. The molecule has 0 unspecified atom stereocenters. The maximum absolute atomic E-state index is 11.2. The minimum Gasteiger partial charge on any atom is -0.351 e. The third-order valence-electron chi connectivity index (χ3n) is 2.78. The lowest BCUT2D eigenvalue weighted by Crippen LogP contribution is -2.23. The molecule has 0 atom stereocenters. The zero-order chi connectivity index (χ0) is 13.9. The number of anilines is 2. The van der Waals surface area contributed by atoms with Crippen molar-refractivity contribution in [3.05, 3.63) is 36.2 Å². The molecule has 0 fully saturated rings. The number of carbonyl (C=O) groups excluding carboxylic acids is 1. The smallest absolute Gasteiger partial charge is 0.235 e. The molecule has 1 aromatic carbocycles. The van der Waals surface area contributed by atoms with Gasteiger partial charge in [0.25, 0.3) is 0 Å². The summed E-state index contributed by atoms with van der Waals surface area (Å²) in [5, 5.41) is 6.85. The first-order valence-electron chi connectivity index (χ1n) is 5.98. The van der Waals surface area contributed by atoms with Crippen LogP contribution in [-0.2, 0) is 11.3 Å². The van der Waals surface area contributed by atoms with Gasteiger partial charge in [0.05, 0.1) is 5.69 Å². The van der Waals surface area contributed by atoms with Crippen LogP contribution in [0.4, 0.5) is 11.5 Å². The first kappa shape index (κ1) is 13.2. The Morgan fingerprint density at radius 1 is 1.35 bits per heavy atom. The Morgan fingerprint density at radius 3 is 3.05 bits per heavy atom. The third kappa shape index (κ3) is 2.71. The number of halogens is 1. The van der Waals surface area contributed by atoms with Crippen molar-refractivity contribution in [1.29, 1.82) is 0 Å². The zero-order valence-corrected chi connectivity index (χ0v) is 12.0. The van der Waals surface area contributed by atoms with Gasteiger partial charge in [0.2, 0.25) is 5.91 Å². The molecule has 1 amide bonds. The van der Waals surface area contributed by atoms with Gasteiger partial charge in [0.1, 0.15) is 10.9 Å². The van der Waals surface area contributed by atoms with Gasteiger partial charge in [0.15, 0.2) is 5.82 Å². The summed E-state index contributed by atoms with van der Waals surface area (Å²) in [5.41, 5.74) is 1.98. The minimum atomic E-state index is -0.178. The van der Waals surface area contributed by atoms with E-state index < -0.39 is 0 Å². The Hall–Kier alpha value is -1.79. The molecule has 1 aliphatic rings. The Labute approximate surface area is 125 Å². The van der Waals surface area contributed by atoms with Crippen LogP contribution in [0.1, 0.15) is 5.56 Å². The van der Waals surface area contributed by atoms with Gasteiger partial charge < -0.3 is 10.6 Å². The summed E-state index contributed by atoms with van der Waals surface area (Å²) in [6.07, 6.45) is 3.33. The zero-order valence-electron chi connectivity index (χ0n) is 10.4. The number of hydrogen-bond acceptors (Lipinski definition) is 5. The van der Waals surface area contributed by atoms with E-state index in [1.807, 2.05) is 18.2 Å². The van der Waals surface area contributed by atoms with E-state index in [9.17, 15) is 4.79 Å². The van der Waals surface area contributed by atoms with Gasteiger partial charge in [-0.25, -0.2) is 9.97 Å². The highest BCUT2D eigenvalue weighted by Crippen LogP contribution is 2.41. The fraction of sp³-hybridized carbons (Fsp3) is 0.154. The number of amides is 1. The van der Waals surface area contributed by atoms with Crippen molar-refractivity contribution in [3.8, 4) is 0 Å². The lowest BCUT2D eigenvalue weighted by atomic mass is 10.2. The lowest BCUT2D eigenvalue weighted by Gasteiger charge is -2.19. The van der Waals surface area contributed by atoms with E-state index >= 15 is 0 Å². The van der Waals surface area contributed by atoms with Crippen LogP contribution in [-0.4, -0.2) is 21.8 Å². The number of carbonyl (C=O) groups is 1. The number of aromatic nitrogens is 2. The number of rotatable bonds is 3. The molecule has 3 rings (SSSR count). The SMILES string of the molecule is O=C(CCl)NCc1ccc2c(c1)Nc1nccnc1S2. The second-order valence-corrected chi connectivity index (χ2v) is 5.48. The predicted molar refractivity (Wildman–Crippen MR) is 78.4 cm³/mol. The monoisotopic (exact) mass is 306 g/mol. The summed E-state index contributed by atoms with van der Waals surface area (Å²) in [5.74, 6) is 0.553. The predicted octanol–water partition coefficient (Wildman–Crippen LogP) is 2.54. The van der Waals surface area contributed by atoms with Crippen molar-refractivity contribution >= 4 is 40.8 Å². The molecule has 7 heteroatoms. The van der Waals surface area contributed by atoms with E-state index in [0.717, 1.165) is 27.0 Å². The Kier molecular flexibility index (Phi) is 3.75. The van der Waals surface area contributed by atoms with Crippen molar-refractivity contribution in [1.82, 2.24) is 15.3 Å². The molecule has 2 aromatic rings. The van der Waals surface area contributed by atoms with Gasteiger partial charge in [0, 0.05) is 23.8 Å². The van der Waals surface area contributed by atoms with E-state index in [1.165, 1.54) is 0 Å². The van der Waals surface area contributed by atoms with Gasteiger partial charge in [-0.3, -0.25) is 4.79 Å². The highest BCUT2D eigenvalue weighted by Gasteiger charge is 2.17. The molecule has 2 N–H and O–H groups in total. The van der Waals surface area contributed by atoms with Crippen molar-refractivity contribution in [2.24, 2.45) is 0 Å². The molecule has 20 heavy (non-hydrogen) atoms. The molecule has 0 bridgehead atoms. The number of nitrogens with one attached hydrogen (secondary N) is 2. The van der Waals surface area contributed by atoms with Crippen LogP contribution in [0.25, 0.3) is 0 Å². The number of nitrogens with zero attached hydrogens (tertiary/aromatic N) is 2. The van der Waals surface area contributed by atoms with Crippen LogP contribution in [0.15, 0.2) is 40.5 Å². The van der Waals surface area contributed by atoms with E-state index in [1.54, 1.807) is 24.2 Å². The van der Waals surface area contributed by atoms with E-state index in [4.69, 9.17) is 11.6 Å². The van der Waals surface area contributed by atoms with Crippen LogP contribution in [0.3, 0.4) is 0 Å². The number of hydrogen-bond donors (Lipinski definition) is 2. The maximum Gasteiger partial charge on any atom is 0.235 e. The molecular weight excluding hydrogens is 296 g/mol. The van der Waals surface area contributed by atoms with Crippen LogP contribution in [0.2, 0.25) is 0 Å². The van der Waals surface area contributed by atoms with Crippen LogP contribution >= 0.6 is 23.4 Å². The molecule has 1 aliphatic heterocycles. The lowest BCUT2D eigenvalue weighted by molar-refractivity contribution is -0.118. The van der Waals surface area contributed by atoms with Crippen molar-refractivity contribution < 1.29 is 4.79 Å². The molecule has 0 radical (unpaired) electrons. The average molecular weight is 307 g/mol. The summed E-state index contributed by atoms with van der Waals surface area (Å²) in [6, 6.07) is 5.98. The summed E-state index contributed by atoms with van der Waals surface area (Å²) < 4.78 is 0. The van der Waals surface area contributed by atoms with Gasteiger partial charge in [-0.15, -0.1) is 11.6 Å². The van der Waals surface area contributed by atoms with Gasteiger partial charge in [-0.05, 0) is 17.7 Å². The van der Waals surface area contributed by atoms with Crippen molar-refractivity contribution in [2.45, 2.75) is 16.5 Å². The van der Waals surface area contributed by atoms with Crippen molar-refractivity contribution in [2.75, 3.05) is 11.2 Å². The number of fused-ring (bicyclic) bond motifs is 2. The molecule has 0 saturated carbocycles. The number of benzene rings is 1. The Bertz CT molecular complexity index is 665. The number of alkyl halides is 1. The first-order valence-corrected chi connectivity index (χ1v) is 7.33. The second kappa shape index (κ2) is 5.68. The van der Waals surface area contributed by atoms with Crippen LogP contribution in [0, 0.1) is 0 Å². The third-order valence-corrected chi connectivity index (χ3v) is 4.09. The molecule has 2 heterocycles. The topological polar surface area (TPSA) is 66.9 Å². The molecule has 102 valence electrons. The normalized spacial score (nSPS) is 12.1. The molecule has 1 aromatic heterocycles. The largest absolute Gasteiger partial charge is 0.351 e. The first-order chi connectivity index (χ1) is 9.76.